The second-order valence-electron chi connectivity index (χ2n) is 10.3. The normalized spacial score (nSPS) is 42.6. The maximum Gasteiger partial charge on any atom is 0.0653 e. The van der Waals surface area contributed by atoms with Crippen LogP contribution in [0.5, 0.6) is 0 Å². The maximum atomic E-state index is 10.4. The number of rotatable bonds is 3. The van der Waals surface area contributed by atoms with E-state index in [1.807, 2.05) is 13.8 Å². The zero-order chi connectivity index (χ0) is 19.1. The minimum Gasteiger partial charge on any atom is -0.392 e. The molecule has 0 aromatic rings. The number of aliphatic hydroxyl groups excluding tert-OH is 2. The van der Waals surface area contributed by atoms with E-state index in [-0.39, 0.29) is 0 Å². The van der Waals surface area contributed by atoms with Crippen LogP contribution in [0, 0.1) is 28.6 Å². The highest BCUT2D eigenvalue weighted by atomic mass is 16.3. The van der Waals surface area contributed by atoms with Gasteiger partial charge in [-0.05, 0) is 68.1 Å². The van der Waals surface area contributed by atoms with Gasteiger partial charge in [-0.3, -0.25) is 0 Å². The minimum atomic E-state index is -0.450. The van der Waals surface area contributed by atoms with Crippen molar-refractivity contribution >= 4 is 0 Å². The molecule has 3 saturated carbocycles. The molecule has 0 saturated heterocycles. The summed E-state index contributed by atoms with van der Waals surface area (Å²) in [5.74, 6) is 2.43. The molecular weight excluding hydrogens is 320 g/mol. The van der Waals surface area contributed by atoms with E-state index in [2.05, 4.69) is 32.9 Å². The molecule has 3 aliphatic rings. The Hall–Kier alpha value is -0.600. The van der Waals surface area contributed by atoms with Crippen LogP contribution in [-0.2, 0) is 0 Å². The molecule has 0 unspecified atom stereocenters. The summed E-state index contributed by atoms with van der Waals surface area (Å²) in [6, 6.07) is 0. The maximum absolute atomic E-state index is 10.4. The molecule has 2 nitrogen and oxygen atoms in total. The van der Waals surface area contributed by atoms with Gasteiger partial charge in [-0.15, -0.1) is 0 Å². The van der Waals surface area contributed by atoms with Crippen LogP contribution in [0.3, 0.4) is 0 Å². The van der Waals surface area contributed by atoms with Crippen molar-refractivity contribution in [1.29, 1.82) is 0 Å². The molecule has 148 valence electrons. The Morgan fingerprint density at radius 2 is 1.73 bits per heavy atom. The van der Waals surface area contributed by atoms with E-state index in [0.29, 0.717) is 18.3 Å². The van der Waals surface area contributed by atoms with Crippen LogP contribution in [0.25, 0.3) is 0 Å². The molecule has 26 heavy (non-hydrogen) atoms. The highest BCUT2D eigenvalue weighted by Crippen LogP contribution is 2.59. The van der Waals surface area contributed by atoms with E-state index in [1.54, 1.807) is 5.57 Å². The van der Waals surface area contributed by atoms with Crippen molar-refractivity contribution in [2.45, 2.75) is 98.2 Å². The molecule has 0 radical (unpaired) electrons. The quantitative estimate of drug-likeness (QED) is 0.683. The van der Waals surface area contributed by atoms with Crippen LogP contribution in [0.2, 0.25) is 0 Å². The van der Waals surface area contributed by atoms with Gasteiger partial charge < -0.3 is 10.2 Å². The Bertz CT molecular complexity index is 557. The Labute approximate surface area is 160 Å². The fourth-order valence-corrected chi connectivity index (χ4v) is 6.19. The molecule has 0 aromatic heterocycles. The average Bonchev–Trinajstić information content (AvgIpc) is 2.95. The van der Waals surface area contributed by atoms with E-state index < -0.39 is 17.6 Å². The van der Waals surface area contributed by atoms with E-state index >= 15 is 0 Å². The van der Waals surface area contributed by atoms with Gasteiger partial charge in [0.15, 0.2) is 0 Å². The molecule has 0 heterocycles. The lowest BCUT2D eigenvalue weighted by molar-refractivity contribution is -0.0627. The molecule has 3 aliphatic carbocycles. The van der Waals surface area contributed by atoms with Crippen LogP contribution >= 0.6 is 0 Å². The minimum absolute atomic E-state index is 0.400. The highest BCUT2D eigenvalue weighted by molar-refractivity contribution is 5.26. The molecule has 0 aliphatic heterocycles. The standard InChI is InChI=1S/C24H40O2/c1-6-16(2)19-11-12-20-18(8-7-13-24(19,20)5)10-9-17-14-21(25)23(3,4)22(26)15-17/h9-10,16,19-22,25-26H,6-8,11-15H2,1-5H3/b18-10+/t16-,19+,20-,21+,22+,24+/m0/s1. The first kappa shape index (κ1) is 20.1. The van der Waals surface area contributed by atoms with Crippen molar-refractivity contribution in [2.75, 3.05) is 0 Å². The molecule has 0 amide bonds. The van der Waals surface area contributed by atoms with Crippen molar-refractivity contribution in [3.8, 4) is 0 Å². The van der Waals surface area contributed by atoms with E-state index in [1.165, 1.54) is 44.1 Å². The summed E-state index contributed by atoms with van der Waals surface area (Å²) in [5.41, 5.74) is 2.92. The third-order valence-corrected chi connectivity index (χ3v) is 8.53. The first-order chi connectivity index (χ1) is 12.2. The molecule has 6 atom stereocenters. The molecule has 0 bridgehead atoms. The summed E-state index contributed by atoms with van der Waals surface area (Å²) < 4.78 is 0. The van der Waals surface area contributed by atoms with Gasteiger partial charge in [-0.25, -0.2) is 0 Å². The fraction of sp³-hybridized carbons (Fsp3) is 0.833. The van der Waals surface area contributed by atoms with Gasteiger partial charge in [0.25, 0.3) is 0 Å². The van der Waals surface area contributed by atoms with E-state index in [0.717, 1.165) is 17.8 Å². The summed E-state index contributed by atoms with van der Waals surface area (Å²) in [7, 11) is 0. The van der Waals surface area contributed by atoms with Crippen molar-refractivity contribution in [3.05, 3.63) is 23.3 Å². The molecule has 3 fully saturated rings. The Kier molecular flexibility index (Phi) is 5.76. The monoisotopic (exact) mass is 360 g/mol. The van der Waals surface area contributed by atoms with Gasteiger partial charge in [-0.1, -0.05) is 64.3 Å². The number of allylic oxidation sites excluding steroid dienone is 3. The van der Waals surface area contributed by atoms with Gasteiger partial charge in [0.1, 0.15) is 0 Å². The van der Waals surface area contributed by atoms with Crippen LogP contribution < -0.4 is 0 Å². The smallest absolute Gasteiger partial charge is 0.0653 e. The molecule has 3 rings (SSSR count). The lowest BCUT2D eigenvalue weighted by Crippen LogP contribution is -2.44. The zero-order valence-corrected chi connectivity index (χ0v) is 17.6. The SMILES string of the molecule is CC[C@H](C)[C@H]1CC[C@H]2/C(=C/C=C3C[C@@H](O)C(C)(C)[C@H](O)C3)CCC[C@]12C. The lowest BCUT2D eigenvalue weighted by atomic mass is 9.61. The number of fused-ring (bicyclic) bond motifs is 1. The molecule has 0 spiro atoms. The molecule has 2 N–H and O–H groups in total. The predicted molar refractivity (Wildman–Crippen MR) is 109 cm³/mol. The molecule has 0 aromatic carbocycles. The average molecular weight is 361 g/mol. The zero-order valence-electron chi connectivity index (χ0n) is 17.6. The van der Waals surface area contributed by atoms with Gasteiger partial charge in [0.05, 0.1) is 12.2 Å². The molecule has 2 heteroatoms. The largest absolute Gasteiger partial charge is 0.392 e. The topological polar surface area (TPSA) is 40.5 Å². The van der Waals surface area contributed by atoms with E-state index in [9.17, 15) is 10.2 Å². The van der Waals surface area contributed by atoms with Crippen molar-refractivity contribution < 1.29 is 10.2 Å². The van der Waals surface area contributed by atoms with Gasteiger partial charge in [0.2, 0.25) is 0 Å². The first-order valence-electron chi connectivity index (χ1n) is 10.9. The Morgan fingerprint density at radius 3 is 2.35 bits per heavy atom. The third kappa shape index (κ3) is 3.44. The van der Waals surface area contributed by atoms with Gasteiger partial charge in [0, 0.05) is 5.41 Å². The fourth-order valence-electron chi connectivity index (χ4n) is 6.19. The van der Waals surface area contributed by atoms with Gasteiger partial charge in [-0.2, -0.15) is 0 Å². The van der Waals surface area contributed by atoms with Crippen LogP contribution in [0.15, 0.2) is 23.3 Å². The number of hydrogen-bond acceptors (Lipinski definition) is 2. The summed E-state index contributed by atoms with van der Waals surface area (Å²) >= 11 is 0. The second kappa shape index (κ2) is 7.43. The summed E-state index contributed by atoms with van der Waals surface area (Å²) in [6.45, 7) is 11.3. The highest BCUT2D eigenvalue weighted by Gasteiger charge is 2.50. The number of hydrogen-bond donors (Lipinski definition) is 2. The summed E-state index contributed by atoms with van der Waals surface area (Å²) in [4.78, 5) is 0. The van der Waals surface area contributed by atoms with Crippen LogP contribution in [-0.4, -0.2) is 22.4 Å². The predicted octanol–water partition coefficient (Wildman–Crippen LogP) is 5.64. The Morgan fingerprint density at radius 1 is 1.08 bits per heavy atom. The summed E-state index contributed by atoms with van der Waals surface area (Å²) in [6.07, 6.45) is 13.1. The van der Waals surface area contributed by atoms with Gasteiger partial charge >= 0.3 is 0 Å². The van der Waals surface area contributed by atoms with Crippen LogP contribution in [0.1, 0.15) is 86.0 Å². The number of aliphatic hydroxyl groups is 2. The third-order valence-electron chi connectivity index (χ3n) is 8.53. The van der Waals surface area contributed by atoms with Crippen molar-refractivity contribution in [1.82, 2.24) is 0 Å². The first-order valence-corrected chi connectivity index (χ1v) is 10.9. The van der Waals surface area contributed by atoms with E-state index in [4.69, 9.17) is 0 Å². The van der Waals surface area contributed by atoms with Crippen molar-refractivity contribution in [3.63, 3.8) is 0 Å². The Balaban J connectivity index is 1.78. The van der Waals surface area contributed by atoms with Crippen LogP contribution in [0.4, 0.5) is 0 Å². The molecular formula is C24H40O2. The summed E-state index contributed by atoms with van der Waals surface area (Å²) in [5, 5.41) is 20.8. The second-order valence-corrected chi connectivity index (χ2v) is 10.3. The lowest BCUT2D eigenvalue weighted by Gasteiger charge is -2.44. The van der Waals surface area contributed by atoms with Crippen molar-refractivity contribution in [2.24, 2.45) is 28.6 Å².